The number of nitrogens with one attached hydrogen (secondary N) is 1. The van der Waals surface area contributed by atoms with Gasteiger partial charge in [-0.1, -0.05) is 61.5 Å². The fourth-order valence-corrected chi connectivity index (χ4v) is 10.6. The number of rotatable bonds is 17. The first kappa shape index (κ1) is 41.3. The predicted octanol–water partition coefficient (Wildman–Crippen LogP) is 7.31. The van der Waals surface area contributed by atoms with Crippen molar-refractivity contribution in [2.45, 2.75) is 83.1 Å². The Balaban J connectivity index is 1.39. The third-order valence-electron chi connectivity index (χ3n) is 11.2. The van der Waals surface area contributed by atoms with E-state index in [4.69, 9.17) is 33.7 Å². The van der Waals surface area contributed by atoms with Crippen molar-refractivity contribution in [2.75, 3.05) is 33.2 Å². The molecule has 2 fully saturated rings. The van der Waals surface area contributed by atoms with Crippen LogP contribution in [0, 0.1) is 23.2 Å². The van der Waals surface area contributed by atoms with E-state index in [0.717, 1.165) is 16.7 Å². The molecule has 0 radical (unpaired) electrons. The zero-order chi connectivity index (χ0) is 41.2. The average Bonchev–Trinajstić information content (AvgIpc) is 3.89. The van der Waals surface area contributed by atoms with E-state index in [2.05, 4.69) is 72.4 Å². The molecule has 1 saturated carbocycles. The van der Waals surface area contributed by atoms with Crippen molar-refractivity contribution in [2.24, 2.45) is 11.8 Å². The number of nitrogens with two attached hydrogens (primary N) is 1. The molecule has 306 valence electrons. The fourth-order valence-electron chi connectivity index (χ4n) is 8.74. The third kappa shape index (κ3) is 7.47. The van der Waals surface area contributed by atoms with Crippen LogP contribution in [0.4, 0.5) is 5.95 Å². The molecule has 5 aromatic rings. The van der Waals surface area contributed by atoms with E-state index in [0.29, 0.717) is 23.6 Å². The van der Waals surface area contributed by atoms with Crippen LogP contribution >= 0.6 is 8.53 Å². The number of aromatic amines is 1. The van der Waals surface area contributed by atoms with Crippen LogP contribution in [0.5, 0.6) is 11.5 Å². The van der Waals surface area contributed by atoms with Gasteiger partial charge in [-0.15, -0.1) is 0 Å². The Kier molecular flexibility index (Phi) is 12.2. The Bertz CT molecular complexity index is 2210. The highest BCUT2D eigenvalue weighted by Crippen LogP contribution is 2.62. The van der Waals surface area contributed by atoms with Gasteiger partial charge < -0.3 is 38.7 Å². The van der Waals surface area contributed by atoms with Crippen molar-refractivity contribution >= 4 is 25.6 Å². The van der Waals surface area contributed by atoms with Crippen LogP contribution in [0.2, 0.25) is 0 Å². The lowest BCUT2D eigenvalue weighted by molar-refractivity contribution is -0.173. The summed E-state index contributed by atoms with van der Waals surface area (Å²) >= 11 is 0. The van der Waals surface area contributed by atoms with Gasteiger partial charge in [0.15, 0.2) is 11.2 Å². The van der Waals surface area contributed by atoms with Crippen molar-refractivity contribution < 1.29 is 28.0 Å². The van der Waals surface area contributed by atoms with Crippen LogP contribution < -0.4 is 20.8 Å². The Morgan fingerprint density at radius 1 is 1.00 bits per heavy atom. The standard InChI is InChI=1S/C43H52N7O7P/c1-27(2)50(28(3)4)58(55-23-11-22-44)57-37-35-29(5)24-42(37,56-40(35)49-39(51)36-38(47-26-46-36)48-41(49)45)25-54-43(30-12-9-8-10-13-30,31-14-18-33(52-6)19-15-31)32-16-20-34(53-7)21-17-32/h8-10,12-21,26-29,35,37,40H,11,23-25H2,1-7H3,(H2,45,48)(H,46,47)/t29-,35+,37-,40+,42+,58?/m0/s1. The number of ether oxygens (including phenoxy) is 4. The number of hydrogen-bond acceptors (Lipinski definition) is 12. The maximum atomic E-state index is 14.2. The lowest BCUT2D eigenvalue weighted by atomic mass is 9.79. The molecular weight excluding hydrogens is 757 g/mol. The lowest BCUT2D eigenvalue weighted by Gasteiger charge is -2.42. The molecule has 0 spiro atoms. The van der Waals surface area contributed by atoms with Crippen molar-refractivity contribution in [3.05, 3.63) is 112 Å². The molecule has 1 aliphatic carbocycles. The predicted molar refractivity (Wildman–Crippen MR) is 221 cm³/mol. The van der Waals surface area contributed by atoms with Gasteiger partial charge in [0.25, 0.3) is 14.1 Å². The van der Waals surface area contributed by atoms with E-state index >= 15 is 0 Å². The second kappa shape index (κ2) is 17.2. The van der Waals surface area contributed by atoms with E-state index in [1.54, 1.807) is 14.2 Å². The van der Waals surface area contributed by atoms with Gasteiger partial charge in [-0.2, -0.15) is 10.2 Å². The highest BCUT2D eigenvalue weighted by Gasteiger charge is 2.66. The number of fused-ring (bicyclic) bond motifs is 3. The maximum Gasteiger partial charge on any atom is 0.285 e. The number of nitrogen functional groups attached to an aromatic ring is 1. The molecule has 58 heavy (non-hydrogen) atoms. The van der Waals surface area contributed by atoms with Crippen molar-refractivity contribution in [3.8, 4) is 17.6 Å². The Labute approximate surface area is 340 Å². The number of imidazole rings is 1. The minimum Gasteiger partial charge on any atom is -0.497 e. The number of H-pyrrole nitrogens is 1. The minimum absolute atomic E-state index is 0.00469. The van der Waals surface area contributed by atoms with Gasteiger partial charge >= 0.3 is 0 Å². The maximum absolute atomic E-state index is 14.2. The summed E-state index contributed by atoms with van der Waals surface area (Å²) in [5.74, 6) is 1.01. The van der Waals surface area contributed by atoms with Gasteiger partial charge in [-0.3, -0.25) is 4.79 Å². The monoisotopic (exact) mass is 809 g/mol. The summed E-state index contributed by atoms with van der Waals surface area (Å²) < 4.78 is 43.2. The molecule has 3 aromatic carbocycles. The van der Waals surface area contributed by atoms with Gasteiger partial charge in [-0.05, 0) is 81.0 Å². The fraction of sp³-hybridized carbons (Fsp3) is 0.442. The molecule has 14 nitrogen and oxygen atoms in total. The molecule has 15 heteroatoms. The van der Waals surface area contributed by atoms with Crippen LogP contribution in [-0.4, -0.2) is 75.4 Å². The van der Waals surface area contributed by atoms with Gasteiger partial charge in [0.1, 0.15) is 35.0 Å². The Morgan fingerprint density at radius 2 is 1.60 bits per heavy atom. The summed E-state index contributed by atoms with van der Waals surface area (Å²) in [6.07, 6.45) is 0.672. The topological polar surface area (TPSA) is 172 Å². The van der Waals surface area contributed by atoms with Crippen molar-refractivity contribution in [1.82, 2.24) is 24.2 Å². The van der Waals surface area contributed by atoms with Crippen LogP contribution in [0.3, 0.4) is 0 Å². The quantitative estimate of drug-likeness (QED) is 0.0546. The van der Waals surface area contributed by atoms with E-state index < -0.39 is 37.6 Å². The molecule has 7 rings (SSSR count). The van der Waals surface area contributed by atoms with Gasteiger partial charge in [0.05, 0.1) is 46.3 Å². The molecule has 0 amide bonds. The second-order valence-electron chi connectivity index (χ2n) is 15.4. The largest absolute Gasteiger partial charge is 0.497 e. The minimum atomic E-state index is -1.73. The molecule has 1 saturated heterocycles. The van der Waals surface area contributed by atoms with Crippen LogP contribution in [-0.2, 0) is 24.1 Å². The molecule has 2 aromatic heterocycles. The molecule has 1 aliphatic heterocycles. The first-order chi connectivity index (χ1) is 28.0. The molecule has 1 unspecified atom stereocenters. The zero-order valence-electron chi connectivity index (χ0n) is 34.0. The van der Waals surface area contributed by atoms with E-state index in [9.17, 15) is 10.1 Å². The first-order valence-corrected chi connectivity index (χ1v) is 20.7. The Morgan fingerprint density at radius 3 is 2.17 bits per heavy atom. The molecule has 6 atom stereocenters. The zero-order valence-corrected chi connectivity index (χ0v) is 34.9. The highest BCUT2D eigenvalue weighted by atomic mass is 31.2. The normalized spacial score (nSPS) is 22.2. The number of benzene rings is 3. The molecular formula is C43H52N7O7P. The Hall–Kier alpha value is -4.87. The lowest BCUT2D eigenvalue weighted by Crippen LogP contribution is -2.47. The molecule has 3 heterocycles. The number of aromatic nitrogens is 4. The summed E-state index contributed by atoms with van der Waals surface area (Å²) in [4.78, 5) is 25.9. The SMILES string of the molecule is COc1ccc(C(OC[C@@]23C[C@H](C)[C@@H]([C@H](n4c(N)nc5[nH]cnc5c4=O)O2)[C@@H]3OP(OCCC#N)N(C(C)C)C(C)C)(c2ccccc2)c2ccc(OC)cc2)cc1. The number of hydrogen-bond donors (Lipinski definition) is 2. The van der Waals surface area contributed by atoms with Gasteiger partial charge in [-0.25, -0.2) is 14.2 Å². The highest BCUT2D eigenvalue weighted by molar-refractivity contribution is 7.44. The number of methoxy groups -OCH3 is 2. The second-order valence-corrected chi connectivity index (χ2v) is 16.8. The van der Waals surface area contributed by atoms with Crippen LogP contribution in [0.15, 0.2) is 90.0 Å². The summed E-state index contributed by atoms with van der Waals surface area (Å²) in [7, 11) is 1.55. The molecule has 3 N–H and O–H groups in total. The van der Waals surface area contributed by atoms with Crippen LogP contribution in [0.1, 0.15) is 70.4 Å². The average molecular weight is 810 g/mol. The van der Waals surface area contributed by atoms with E-state index in [-0.39, 0.29) is 55.0 Å². The summed E-state index contributed by atoms with van der Waals surface area (Å²) in [6, 6.07) is 28.1. The van der Waals surface area contributed by atoms with Crippen molar-refractivity contribution in [3.63, 3.8) is 0 Å². The van der Waals surface area contributed by atoms with Crippen LogP contribution in [0.25, 0.3) is 11.2 Å². The molecule has 2 aliphatic rings. The van der Waals surface area contributed by atoms with Gasteiger partial charge in [0, 0.05) is 18.0 Å². The van der Waals surface area contributed by atoms with E-state index in [1.807, 2.05) is 66.7 Å². The van der Waals surface area contributed by atoms with Gasteiger partial charge in [0.2, 0.25) is 5.95 Å². The third-order valence-corrected chi connectivity index (χ3v) is 13.3. The first-order valence-electron chi connectivity index (χ1n) is 19.6. The smallest absolute Gasteiger partial charge is 0.285 e. The summed E-state index contributed by atoms with van der Waals surface area (Å²) in [5.41, 5.74) is 6.96. The number of nitrogens with zero attached hydrogens (tertiary/aromatic N) is 5. The molecule has 2 bridgehead atoms. The van der Waals surface area contributed by atoms with E-state index in [1.165, 1.54) is 10.9 Å². The summed E-state index contributed by atoms with van der Waals surface area (Å²) in [6.45, 7) is 10.8. The summed E-state index contributed by atoms with van der Waals surface area (Å²) in [5, 5.41) is 9.46. The number of nitriles is 1. The number of anilines is 1. The van der Waals surface area contributed by atoms with Crippen molar-refractivity contribution in [1.29, 1.82) is 5.26 Å².